The van der Waals surface area contributed by atoms with E-state index in [0.717, 1.165) is 31.2 Å². The molecule has 44 heavy (non-hydrogen) atoms. The van der Waals surface area contributed by atoms with Crippen LogP contribution in [0.15, 0.2) is 30.3 Å². The van der Waals surface area contributed by atoms with Crippen molar-refractivity contribution in [3.05, 3.63) is 35.9 Å². The van der Waals surface area contributed by atoms with E-state index in [4.69, 9.17) is 14.2 Å². The van der Waals surface area contributed by atoms with Crippen molar-refractivity contribution < 1.29 is 28.9 Å². The summed E-state index contributed by atoms with van der Waals surface area (Å²) in [5, 5.41) is 12.2. The van der Waals surface area contributed by atoms with Crippen LogP contribution in [0.3, 0.4) is 0 Å². The summed E-state index contributed by atoms with van der Waals surface area (Å²) in [6.45, 7) is 11.8. The first-order valence-electron chi connectivity index (χ1n) is 17.5. The monoisotopic (exact) mass is 607 g/mol. The number of piperidine rings is 1. The summed E-state index contributed by atoms with van der Waals surface area (Å²) in [5.74, 6) is 1.52. The minimum Gasteiger partial charge on any atom is -0.463 e. The number of fused-ring (bicyclic) bond motifs is 8. The van der Waals surface area contributed by atoms with Gasteiger partial charge in [-0.05, 0) is 109 Å². The van der Waals surface area contributed by atoms with Gasteiger partial charge in [0, 0.05) is 19.9 Å². The highest BCUT2D eigenvalue weighted by atomic mass is 16.6. The number of aliphatic hydroxyl groups is 1. The number of likely N-dealkylation sites (tertiary alicyclic amines) is 1. The Kier molecular flexibility index (Phi) is 7.63. The van der Waals surface area contributed by atoms with Gasteiger partial charge >= 0.3 is 12.1 Å². The largest absolute Gasteiger partial charge is 0.463 e. The van der Waals surface area contributed by atoms with Gasteiger partial charge in [-0.15, -0.1) is 0 Å². The van der Waals surface area contributed by atoms with Crippen LogP contribution in [-0.2, 0) is 25.6 Å². The molecule has 242 valence electrons. The number of hydrogen-bond acceptors (Lipinski definition) is 6. The van der Waals surface area contributed by atoms with Crippen molar-refractivity contribution in [3.63, 3.8) is 0 Å². The zero-order valence-electron chi connectivity index (χ0n) is 27.4. The van der Waals surface area contributed by atoms with Crippen LogP contribution in [0.4, 0.5) is 4.79 Å². The van der Waals surface area contributed by atoms with Gasteiger partial charge in [-0.25, -0.2) is 4.79 Å². The number of rotatable bonds is 3. The maximum atomic E-state index is 13.7. The number of ether oxygens (including phenoxy) is 3. The Labute approximate surface area is 263 Å². The molecule has 7 nitrogen and oxygen atoms in total. The van der Waals surface area contributed by atoms with Crippen LogP contribution < -0.4 is 0 Å². The average Bonchev–Trinajstić information content (AvgIpc) is 3.27. The van der Waals surface area contributed by atoms with Gasteiger partial charge < -0.3 is 19.3 Å². The fraction of sp³-hybridized carbons (Fsp3) is 0.784. The van der Waals surface area contributed by atoms with Gasteiger partial charge in [-0.2, -0.15) is 0 Å². The topological polar surface area (TPSA) is 85.3 Å². The fourth-order valence-electron chi connectivity index (χ4n) is 12.3. The van der Waals surface area contributed by atoms with E-state index in [1.807, 2.05) is 35.2 Å². The first-order valence-corrected chi connectivity index (χ1v) is 17.5. The minimum atomic E-state index is -1.36. The molecule has 1 aromatic rings. The van der Waals surface area contributed by atoms with Crippen molar-refractivity contribution in [2.24, 2.45) is 52.3 Å². The van der Waals surface area contributed by atoms with E-state index in [0.29, 0.717) is 48.0 Å². The second-order valence-corrected chi connectivity index (χ2v) is 16.3. The van der Waals surface area contributed by atoms with E-state index in [1.165, 1.54) is 32.6 Å². The van der Waals surface area contributed by atoms with Gasteiger partial charge in [-0.3, -0.25) is 9.69 Å². The van der Waals surface area contributed by atoms with E-state index >= 15 is 0 Å². The Bertz CT molecular complexity index is 1260. The summed E-state index contributed by atoms with van der Waals surface area (Å²) in [5.41, 5.74) is 1.37. The van der Waals surface area contributed by atoms with Gasteiger partial charge in [0.15, 0.2) is 5.79 Å². The summed E-state index contributed by atoms with van der Waals surface area (Å²) in [6, 6.07) is 9.38. The molecule has 6 fully saturated rings. The molecule has 1 amide bonds. The van der Waals surface area contributed by atoms with E-state index in [-0.39, 0.29) is 48.1 Å². The predicted molar refractivity (Wildman–Crippen MR) is 166 cm³/mol. The molecule has 4 aliphatic carbocycles. The molecule has 7 rings (SSSR count). The molecule has 2 heterocycles. The molecule has 6 aliphatic rings. The van der Waals surface area contributed by atoms with Crippen molar-refractivity contribution in [1.82, 2.24) is 4.90 Å². The summed E-state index contributed by atoms with van der Waals surface area (Å²) in [7, 11) is 0. The third-order valence-corrected chi connectivity index (χ3v) is 13.8. The van der Waals surface area contributed by atoms with Gasteiger partial charge in [0.25, 0.3) is 0 Å². The molecule has 1 N–H and O–H groups in total. The number of nitrogens with zero attached hydrogens (tertiary/aromatic N) is 1. The van der Waals surface area contributed by atoms with Crippen molar-refractivity contribution in [2.75, 3.05) is 6.54 Å². The van der Waals surface area contributed by atoms with Gasteiger partial charge in [0.2, 0.25) is 0 Å². The lowest BCUT2D eigenvalue weighted by atomic mass is 9.44. The molecule has 2 saturated heterocycles. The van der Waals surface area contributed by atoms with E-state index in [1.54, 1.807) is 0 Å². The van der Waals surface area contributed by atoms with Crippen molar-refractivity contribution in [3.8, 4) is 0 Å². The van der Waals surface area contributed by atoms with Crippen LogP contribution in [0, 0.1) is 52.3 Å². The standard InChI is InChI=1S/C37H53NO6/c1-22-19-37(41)33(38(20-22)34(40)42-21-25-9-7-6-8-10-25)23(2)32-31(44-37)18-30-28-12-11-26-17-27(43-24(3)39)13-15-35(26,4)29(28)14-16-36(30,32)5/h6-10,22-23,26-33,41H,11-21H2,1-5H3/t22-,23+,26+,27+,28-,29+,30+,31-,32+,33-,35+,36+,37+/m1/s1. The molecule has 0 spiro atoms. The second-order valence-electron chi connectivity index (χ2n) is 16.3. The lowest BCUT2D eigenvalue weighted by Gasteiger charge is -2.62. The maximum absolute atomic E-state index is 13.7. The van der Waals surface area contributed by atoms with E-state index in [2.05, 4.69) is 27.7 Å². The van der Waals surface area contributed by atoms with Crippen LogP contribution >= 0.6 is 0 Å². The fourth-order valence-corrected chi connectivity index (χ4v) is 12.3. The van der Waals surface area contributed by atoms with Crippen LogP contribution in [0.25, 0.3) is 0 Å². The molecule has 13 atom stereocenters. The first kappa shape index (κ1) is 30.5. The smallest absolute Gasteiger partial charge is 0.410 e. The first-order chi connectivity index (χ1) is 20.9. The number of esters is 1. The van der Waals surface area contributed by atoms with E-state index < -0.39 is 11.8 Å². The Balaban J connectivity index is 1.12. The van der Waals surface area contributed by atoms with Crippen molar-refractivity contribution >= 4 is 12.1 Å². The van der Waals surface area contributed by atoms with Crippen LogP contribution in [0.5, 0.6) is 0 Å². The molecule has 0 aromatic heterocycles. The summed E-state index contributed by atoms with van der Waals surface area (Å²) in [4.78, 5) is 27.2. The normalized spacial score (nSPS) is 47.7. The number of carbonyl (C=O) groups excluding carboxylic acids is 2. The Morgan fingerprint density at radius 3 is 2.50 bits per heavy atom. The van der Waals surface area contributed by atoms with Gasteiger partial charge in [0.05, 0.1) is 12.1 Å². The molecule has 2 aliphatic heterocycles. The number of hydrogen-bond donors (Lipinski definition) is 1. The highest BCUT2D eigenvalue weighted by Crippen LogP contribution is 2.70. The van der Waals surface area contributed by atoms with Gasteiger partial charge in [0.1, 0.15) is 12.7 Å². The van der Waals surface area contributed by atoms with Crippen molar-refractivity contribution in [2.45, 2.75) is 123 Å². The quantitative estimate of drug-likeness (QED) is 0.374. The summed E-state index contributed by atoms with van der Waals surface area (Å²) in [6.07, 6.45) is 9.25. The highest BCUT2D eigenvalue weighted by molar-refractivity contribution is 5.68. The van der Waals surface area contributed by atoms with Crippen LogP contribution in [-0.4, -0.2) is 52.7 Å². The van der Waals surface area contributed by atoms with Crippen LogP contribution in [0.2, 0.25) is 0 Å². The molecule has 0 unspecified atom stereocenters. The Morgan fingerprint density at radius 1 is 1.00 bits per heavy atom. The van der Waals surface area contributed by atoms with Gasteiger partial charge in [-0.1, -0.05) is 58.0 Å². The number of amides is 1. The molecular weight excluding hydrogens is 554 g/mol. The molecule has 7 heteroatoms. The molecule has 4 saturated carbocycles. The average molecular weight is 608 g/mol. The molecule has 0 bridgehead atoms. The summed E-state index contributed by atoms with van der Waals surface area (Å²) >= 11 is 0. The maximum Gasteiger partial charge on any atom is 0.410 e. The zero-order chi connectivity index (χ0) is 31.0. The third kappa shape index (κ3) is 4.82. The third-order valence-electron chi connectivity index (χ3n) is 13.8. The predicted octanol–water partition coefficient (Wildman–Crippen LogP) is 6.96. The molecular formula is C37H53NO6. The van der Waals surface area contributed by atoms with Crippen molar-refractivity contribution in [1.29, 1.82) is 0 Å². The number of carbonyl (C=O) groups is 2. The van der Waals surface area contributed by atoms with Crippen LogP contribution in [0.1, 0.15) is 98.0 Å². The van der Waals surface area contributed by atoms with E-state index in [9.17, 15) is 14.7 Å². The highest BCUT2D eigenvalue weighted by Gasteiger charge is 2.69. The zero-order valence-corrected chi connectivity index (χ0v) is 27.4. The molecule has 0 radical (unpaired) electrons. The minimum absolute atomic E-state index is 0.0118. The second kappa shape index (κ2) is 11.0. The summed E-state index contributed by atoms with van der Waals surface area (Å²) < 4.78 is 18.4. The SMILES string of the molecule is CC(=O)O[C@H]1CC[C@@]2(C)[C@@H](CC[C@@H]3[C@@H]2CC[C@]2(C)[C@H]4[C@H](C)[C@H]5N(C(=O)OCc6ccccc6)C[C@H](C)C[C@]5(O)O[C@@H]4C[C@@H]32)C1. The number of benzene rings is 1. The Morgan fingerprint density at radius 2 is 1.75 bits per heavy atom. The molecule has 1 aromatic carbocycles. The Hall–Kier alpha value is -2.12. The lowest BCUT2D eigenvalue weighted by molar-refractivity contribution is -0.328. The lowest BCUT2D eigenvalue weighted by Crippen LogP contribution is -2.70.